The normalized spacial score (nSPS) is 11.1. The summed E-state index contributed by atoms with van der Waals surface area (Å²) < 4.78 is 1.83. The van der Waals surface area contributed by atoms with Gasteiger partial charge < -0.3 is 14.8 Å². The van der Waals surface area contributed by atoms with Crippen molar-refractivity contribution < 1.29 is 19.8 Å². The lowest BCUT2D eigenvalue weighted by Gasteiger charge is -2.12. The highest BCUT2D eigenvalue weighted by atomic mass is 32.2. The number of carbonyl (C=O) groups is 2. The van der Waals surface area contributed by atoms with E-state index >= 15 is 0 Å². The van der Waals surface area contributed by atoms with Gasteiger partial charge in [-0.15, -0.1) is 11.8 Å². The van der Waals surface area contributed by atoms with Gasteiger partial charge in [0.1, 0.15) is 0 Å². The van der Waals surface area contributed by atoms with Gasteiger partial charge in [0.05, 0.1) is 16.8 Å². The smallest absolute Gasteiger partial charge is 0.335 e. The first-order chi connectivity index (χ1) is 13.8. The molecule has 2 aromatic carbocycles. The summed E-state index contributed by atoms with van der Waals surface area (Å²) >= 11 is 1.62. The molecule has 0 spiro atoms. The molecule has 0 aliphatic heterocycles. The molecule has 0 bridgehead atoms. The van der Waals surface area contributed by atoms with Crippen LogP contribution >= 0.6 is 11.8 Å². The predicted molar refractivity (Wildman–Crippen MR) is 115 cm³/mol. The van der Waals surface area contributed by atoms with Gasteiger partial charge in [0, 0.05) is 33.7 Å². The summed E-state index contributed by atoms with van der Waals surface area (Å²) in [6.45, 7) is 3.77. The quantitative estimate of drug-likeness (QED) is 0.444. The molecule has 148 valence electrons. The van der Waals surface area contributed by atoms with E-state index in [9.17, 15) is 19.8 Å². The molecule has 0 saturated heterocycles. The number of carboxylic acids is 2. The number of aliphatic imine (C=N–C) groups is 1. The highest BCUT2D eigenvalue weighted by Crippen LogP contribution is 2.28. The lowest BCUT2D eigenvalue weighted by Crippen LogP contribution is -2.07. The topological polar surface area (TPSA) is 91.9 Å². The number of para-hydroxylation sites is 1. The average molecular weight is 408 g/mol. The maximum atomic E-state index is 11.4. The zero-order valence-electron chi connectivity index (χ0n) is 16.2. The molecule has 0 aliphatic carbocycles. The van der Waals surface area contributed by atoms with Crippen molar-refractivity contribution >= 4 is 35.6 Å². The number of benzene rings is 2. The number of carboxylic acid groups (broad SMARTS) is 2. The molecular formula is C22H20N2O4S. The summed E-state index contributed by atoms with van der Waals surface area (Å²) in [7, 11) is 0. The zero-order chi connectivity index (χ0) is 21.1. The van der Waals surface area contributed by atoms with Gasteiger partial charge in [-0.2, -0.15) is 0 Å². The Hall–Kier alpha value is -3.32. The van der Waals surface area contributed by atoms with Gasteiger partial charge in [0.2, 0.25) is 0 Å². The number of rotatable bonds is 6. The summed E-state index contributed by atoms with van der Waals surface area (Å²) in [6.07, 6.45) is 3.77. The molecule has 6 nitrogen and oxygen atoms in total. The minimum absolute atomic E-state index is 0.0727. The first-order valence-electron chi connectivity index (χ1n) is 8.80. The molecule has 0 unspecified atom stereocenters. The number of nitrogens with zero attached hydrogens (tertiary/aromatic N) is 2. The third kappa shape index (κ3) is 4.25. The van der Waals surface area contributed by atoms with Gasteiger partial charge >= 0.3 is 11.9 Å². The molecule has 0 amide bonds. The van der Waals surface area contributed by atoms with Gasteiger partial charge in [-0.1, -0.05) is 12.1 Å². The molecule has 7 heteroatoms. The summed E-state index contributed by atoms with van der Waals surface area (Å²) in [5.41, 5.74) is 3.77. The van der Waals surface area contributed by atoms with Crippen LogP contribution in [0.1, 0.15) is 37.7 Å². The van der Waals surface area contributed by atoms with E-state index in [2.05, 4.69) is 4.99 Å². The predicted octanol–water partition coefficient (Wildman–Crippen LogP) is 4.96. The van der Waals surface area contributed by atoms with E-state index in [1.165, 1.54) is 12.1 Å². The van der Waals surface area contributed by atoms with Crippen LogP contribution in [0.2, 0.25) is 0 Å². The van der Waals surface area contributed by atoms with Crippen molar-refractivity contribution in [3.05, 3.63) is 76.6 Å². The molecule has 2 N–H and O–H groups in total. The lowest BCUT2D eigenvalue weighted by atomic mass is 10.1. The van der Waals surface area contributed by atoms with Crippen molar-refractivity contribution in [2.24, 2.45) is 4.99 Å². The molecule has 1 aromatic heterocycles. The van der Waals surface area contributed by atoms with Crippen molar-refractivity contribution in [1.82, 2.24) is 4.57 Å². The Kier molecular flexibility index (Phi) is 5.89. The Balaban J connectivity index is 2.08. The molecule has 3 rings (SSSR count). The second-order valence-electron chi connectivity index (χ2n) is 6.47. The van der Waals surface area contributed by atoms with Crippen molar-refractivity contribution in [3.8, 4) is 5.69 Å². The molecule has 0 atom stereocenters. The Labute approximate surface area is 172 Å². The molecule has 3 aromatic rings. The van der Waals surface area contributed by atoms with E-state index in [0.29, 0.717) is 5.69 Å². The van der Waals surface area contributed by atoms with E-state index in [1.807, 2.05) is 55.0 Å². The van der Waals surface area contributed by atoms with Crippen LogP contribution in [-0.2, 0) is 0 Å². The SMILES string of the molecule is CSc1ccccc1N=Cc1cc(C)n(-c2cc(C(=O)O)cc(C(=O)O)c2)c1C. The van der Waals surface area contributed by atoms with E-state index in [0.717, 1.165) is 33.6 Å². The summed E-state index contributed by atoms with van der Waals surface area (Å²) in [6, 6.07) is 13.9. The molecule has 0 saturated carbocycles. The Morgan fingerprint density at radius 3 is 2.21 bits per heavy atom. The highest BCUT2D eigenvalue weighted by molar-refractivity contribution is 7.98. The van der Waals surface area contributed by atoms with Gasteiger partial charge in [-0.25, -0.2) is 9.59 Å². The summed E-state index contributed by atoms with van der Waals surface area (Å²) in [5, 5.41) is 18.7. The largest absolute Gasteiger partial charge is 0.478 e. The van der Waals surface area contributed by atoms with Crippen LogP contribution in [0, 0.1) is 13.8 Å². The van der Waals surface area contributed by atoms with Gasteiger partial charge in [0.25, 0.3) is 0 Å². The van der Waals surface area contributed by atoms with Crippen LogP contribution in [0.15, 0.2) is 58.4 Å². The number of aromatic carboxylic acids is 2. The first-order valence-corrected chi connectivity index (χ1v) is 10.0. The monoisotopic (exact) mass is 408 g/mol. The van der Waals surface area contributed by atoms with E-state index < -0.39 is 11.9 Å². The first kappa shape index (κ1) is 20.4. The van der Waals surface area contributed by atoms with E-state index in [1.54, 1.807) is 18.0 Å². The molecular weight excluding hydrogens is 388 g/mol. The summed E-state index contributed by atoms with van der Waals surface area (Å²) in [4.78, 5) is 28.5. The number of thioether (sulfide) groups is 1. The molecule has 0 radical (unpaired) electrons. The van der Waals surface area contributed by atoms with E-state index in [4.69, 9.17) is 0 Å². The average Bonchev–Trinajstić information content (AvgIpc) is 2.99. The Morgan fingerprint density at radius 2 is 1.62 bits per heavy atom. The van der Waals surface area contributed by atoms with Gasteiger partial charge in [-0.3, -0.25) is 4.99 Å². The van der Waals surface area contributed by atoms with Crippen LogP contribution in [-0.4, -0.2) is 39.2 Å². The highest BCUT2D eigenvalue weighted by Gasteiger charge is 2.16. The van der Waals surface area contributed by atoms with Crippen LogP contribution in [0.5, 0.6) is 0 Å². The van der Waals surface area contributed by atoms with Crippen molar-refractivity contribution in [2.75, 3.05) is 6.26 Å². The number of aromatic nitrogens is 1. The molecule has 29 heavy (non-hydrogen) atoms. The number of hydrogen-bond donors (Lipinski definition) is 2. The third-order valence-corrected chi connectivity index (χ3v) is 5.35. The lowest BCUT2D eigenvalue weighted by molar-refractivity contribution is 0.0696. The van der Waals surface area contributed by atoms with Crippen LogP contribution in [0.25, 0.3) is 5.69 Å². The Bertz CT molecular complexity index is 1100. The Morgan fingerprint density at radius 1 is 1.00 bits per heavy atom. The molecule has 0 fully saturated rings. The molecule has 1 heterocycles. The fourth-order valence-electron chi connectivity index (χ4n) is 3.18. The minimum Gasteiger partial charge on any atom is -0.478 e. The van der Waals surface area contributed by atoms with E-state index in [-0.39, 0.29) is 11.1 Å². The van der Waals surface area contributed by atoms with Gasteiger partial charge in [-0.05, 0) is 56.5 Å². The second-order valence-corrected chi connectivity index (χ2v) is 7.32. The van der Waals surface area contributed by atoms with Crippen molar-refractivity contribution in [2.45, 2.75) is 18.7 Å². The van der Waals surface area contributed by atoms with Crippen LogP contribution < -0.4 is 0 Å². The third-order valence-electron chi connectivity index (χ3n) is 4.57. The van der Waals surface area contributed by atoms with Crippen LogP contribution in [0.4, 0.5) is 5.69 Å². The minimum atomic E-state index is -1.17. The fourth-order valence-corrected chi connectivity index (χ4v) is 3.72. The van der Waals surface area contributed by atoms with Crippen molar-refractivity contribution in [1.29, 1.82) is 0 Å². The standard InChI is InChI=1S/C22H20N2O4S/c1-13-8-17(12-23-19-6-4-5-7-20(19)29-3)14(2)24(13)18-10-15(21(25)26)9-16(11-18)22(27)28/h4-12H,1-3H3,(H,25,26)(H,27,28). The molecule has 0 aliphatic rings. The number of hydrogen-bond acceptors (Lipinski definition) is 4. The zero-order valence-corrected chi connectivity index (χ0v) is 17.0. The summed E-state index contributed by atoms with van der Waals surface area (Å²) in [5.74, 6) is -2.35. The maximum Gasteiger partial charge on any atom is 0.335 e. The maximum absolute atomic E-state index is 11.4. The van der Waals surface area contributed by atoms with Gasteiger partial charge in [0.15, 0.2) is 0 Å². The number of aryl methyl sites for hydroxylation is 1. The van der Waals surface area contributed by atoms with Crippen molar-refractivity contribution in [3.63, 3.8) is 0 Å². The van der Waals surface area contributed by atoms with Crippen LogP contribution in [0.3, 0.4) is 0 Å². The second kappa shape index (κ2) is 8.36. The fraction of sp³-hybridized carbons (Fsp3) is 0.136.